The molecule has 2 fully saturated rings. The van der Waals surface area contributed by atoms with Crippen LogP contribution in [0.1, 0.15) is 27.2 Å². The fraction of sp³-hybridized carbons (Fsp3) is 1.00. The van der Waals surface area contributed by atoms with Crippen LogP contribution in [0.15, 0.2) is 0 Å². The van der Waals surface area contributed by atoms with Crippen molar-refractivity contribution in [3.05, 3.63) is 0 Å². The molecule has 0 aromatic rings. The van der Waals surface area contributed by atoms with Gasteiger partial charge in [0.05, 0.1) is 19.3 Å². The summed E-state index contributed by atoms with van der Waals surface area (Å²) in [5.41, 5.74) is 0. The molecule has 2 aliphatic rings. The zero-order valence-electron chi connectivity index (χ0n) is 9.94. The minimum atomic E-state index is 0.165. The van der Waals surface area contributed by atoms with Crippen molar-refractivity contribution in [1.29, 1.82) is 0 Å². The van der Waals surface area contributed by atoms with E-state index in [0.29, 0.717) is 18.4 Å². The van der Waals surface area contributed by atoms with Crippen LogP contribution in [0.3, 0.4) is 0 Å². The van der Waals surface area contributed by atoms with Gasteiger partial charge in [0.2, 0.25) is 0 Å². The van der Waals surface area contributed by atoms with Gasteiger partial charge in [0, 0.05) is 12.5 Å². The first kappa shape index (κ1) is 11.4. The second-order valence-electron chi connectivity index (χ2n) is 4.91. The van der Waals surface area contributed by atoms with Gasteiger partial charge >= 0.3 is 0 Å². The molecule has 0 unspecified atom stereocenters. The zero-order valence-corrected chi connectivity index (χ0v) is 9.94. The molecular formula is C12H22O3. The van der Waals surface area contributed by atoms with Crippen LogP contribution in [0.4, 0.5) is 0 Å². The third kappa shape index (κ3) is 2.19. The Morgan fingerprint density at radius 2 is 1.93 bits per heavy atom. The van der Waals surface area contributed by atoms with Crippen molar-refractivity contribution >= 4 is 0 Å². The Morgan fingerprint density at radius 3 is 2.60 bits per heavy atom. The van der Waals surface area contributed by atoms with E-state index in [1.54, 1.807) is 0 Å². The monoisotopic (exact) mass is 214 g/mol. The molecule has 4 atom stereocenters. The highest BCUT2D eigenvalue weighted by Gasteiger charge is 2.48. The maximum Gasteiger partial charge on any atom is 0.112 e. The van der Waals surface area contributed by atoms with Crippen molar-refractivity contribution in [3.8, 4) is 0 Å². The van der Waals surface area contributed by atoms with Crippen molar-refractivity contribution < 1.29 is 14.2 Å². The average Bonchev–Trinajstić information content (AvgIpc) is 2.74. The van der Waals surface area contributed by atoms with Crippen LogP contribution in [0.5, 0.6) is 0 Å². The predicted octanol–water partition coefficient (Wildman–Crippen LogP) is 1.85. The fourth-order valence-corrected chi connectivity index (χ4v) is 2.48. The van der Waals surface area contributed by atoms with Gasteiger partial charge in [-0.05, 0) is 12.3 Å². The summed E-state index contributed by atoms with van der Waals surface area (Å²) in [5.74, 6) is 1.18. The van der Waals surface area contributed by atoms with E-state index in [1.165, 1.54) is 0 Å². The van der Waals surface area contributed by atoms with Crippen LogP contribution >= 0.6 is 0 Å². The van der Waals surface area contributed by atoms with E-state index in [2.05, 4.69) is 20.8 Å². The molecule has 2 heterocycles. The standard InChI is InChI=1S/C12H22O3/c1-4-5-13-10-7-15-11-9(8(2)3)6-14-12(10)11/h8-12H,4-7H2,1-3H3/t9-,10+,11-,12+/m0/s1. The van der Waals surface area contributed by atoms with Crippen molar-refractivity contribution in [2.24, 2.45) is 11.8 Å². The molecule has 15 heavy (non-hydrogen) atoms. The summed E-state index contributed by atoms with van der Waals surface area (Å²) in [6.07, 6.45) is 1.68. The van der Waals surface area contributed by atoms with Gasteiger partial charge < -0.3 is 14.2 Å². The van der Waals surface area contributed by atoms with Gasteiger partial charge in [-0.25, -0.2) is 0 Å². The molecular weight excluding hydrogens is 192 g/mol. The van der Waals surface area contributed by atoms with Gasteiger partial charge in [0.15, 0.2) is 0 Å². The fourth-order valence-electron chi connectivity index (χ4n) is 2.48. The highest BCUT2D eigenvalue weighted by molar-refractivity contribution is 4.95. The molecule has 0 aliphatic carbocycles. The molecule has 0 bridgehead atoms. The van der Waals surface area contributed by atoms with Crippen LogP contribution in [0.25, 0.3) is 0 Å². The van der Waals surface area contributed by atoms with E-state index < -0.39 is 0 Å². The molecule has 0 spiro atoms. The molecule has 2 saturated heterocycles. The molecule has 0 amide bonds. The third-order valence-electron chi connectivity index (χ3n) is 3.44. The molecule has 88 valence electrons. The van der Waals surface area contributed by atoms with Crippen LogP contribution in [0, 0.1) is 11.8 Å². The molecule has 3 heteroatoms. The van der Waals surface area contributed by atoms with Gasteiger partial charge in [0.1, 0.15) is 12.2 Å². The topological polar surface area (TPSA) is 27.7 Å². The van der Waals surface area contributed by atoms with Crippen LogP contribution < -0.4 is 0 Å². The lowest BCUT2D eigenvalue weighted by atomic mass is 9.90. The Balaban J connectivity index is 1.90. The van der Waals surface area contributed by atoms with Gasteiger partial charge in [-0.2, -0.15) is 0 Å². The third-order valence-corrected chi connectivity index (χ3v) is 3.44. The van der Waals surface area contributed by atoms with Crippen LogP contribution in [0.2, 0.25) is 0 Å². The van der Waals surface area contributed by atoms with Gasteiger partial charge in [-0.1, -0.05) is 20.8 Å². The molecule has 3 nitrogen and oxygen atoms in total. The van der Waals surface area contributed by atoms with Crippen LogP contribution in [-0.2, 0) is 14.2 Å². The Bertz CT molecular complexity index is 205. The molecule has 0 N–H and O–H groups in total. The summed E-state index contributed by atoms with van der Waals surface area (Å²) in [6.45, 7) is 8.95. The summed E-state index contributed by atoms with van der Waals surface area (Å²) in [6, 6.07) is 0. The van der Waals surface area contributed by atoms with Crippen molar-refractivity contribution in [2.45, 2.75) is 45.5 Å². The number of fused-ring (bicyclic) bond motifs is 1. The van der Waals surface area contributed by atoms with Gasteiger partial charge in [-0.3, -0.25) is 0 Å². The molecule has 0 aromatic carbocycles. The average molecular weight is 214 g/mol. The maximum absolute atomic E-state index is 5.81. The first-order chi connectivity index (χ1) is 7.24. The van der Waals surface area contributed by atoms with E-state index in [1.807, 2.05) is 0 Å². The molecule has 0 saturated carbocycles. The lowest BCUT2D eigenvalue weighted by Gasteiger charge is -2.19. The van der Waals surface area contributed by atoms with E-state index in [-0.39, 0.29) is 18.3 Å². The number of hydrogen-bond acceptors (Lipinski definition) is 3. The lowest BCUT2D eigenvalue weighted by Crippen LogP contribution is -2.32. The smallest absolute Gasteiger partial charge is 0.112 e. The second-order valence-corrected chi connectivity index (χ2v) is 4.91. The SMILES string of the molecule is CCCO[C@@H]1CO[C@@H]2[C@@H]1OC[C@H]2C(C)C. The number of rotatable bonds is 4. The number of hydrogen-bond donors (Lipinski definition) is 0. The van der Waals surface area contributed by atoms with Gasteiger partial charge in [0.25, 0.3) is 0 Å². The van der Waals surface area contributed by atoms with Crippen molar-refractivity contribution in [2.75, 3.05) is 19.8 Å². The molecule has 2 rings (SSSR count). The van der Waals surface area contributed by atoms with E-state index in [4.69, 9.17) is 14.2 Å². The summed E-state index contributed by atoms with van der Waals surface area (Å²) in [7, 11) is 0. The van der Waals surface area contributed by atoms with Crippen LogP contribution in [-0.4, -0.2) is 38.1 Å². The second kappa shape index (κ2) is 4.81. The molecule has 2 aliphatic heterocycles. The largest absolute Gasteiger partial charge is 0.373 e. The minimum absolute atomic E-state index is 0.165. The summed E-state index contributed by atoms with van der Waals surface area (Å²) >= 11 is 0. The Hall–Kier alpha value is -0.120. The van der Waals surface area contributed by atoms with E-state index >= 15 is 0 Å². The Labute approximate surface area is 92.1 Å². The Morgan fingerprint density at radius 1 is 1.20 bits per heavy atom. The van der Waals surface area contributed by atoms with E-state index in [0.717, 1.165) is 19.6 Å². The molecule has 0 radical (unpaired) electrons. The summed E-state index contributed by atoms with van der Waals surface area (Å²) in [4.78, 5) is 0. The predicted molar refractivity (Wildman–Crippen MR) is 57.8 cm³/mol. The normalized spacial score (nSPS) is 40.0. The maximum atomic E-state index is 5.81. The van der Waals surface area contributed by atoms with Crippen molar-refractivity contribution in [3.63, 3.8) is 0 Å². The summed E-state index contributed by atoms with van der Waals surface area (Å²) < 4.78 is 17.4. The first-order valence-electron chi connectivity index (χ1n) is 6.08. The quantitative estimate of drug-likeness (QED) is 0.715. The highest BCUT2D eigenvalue weighted by atomic mass is 16.6. The van der Waals surface area contributed by atoms with Crippen molar-refractivity contribution in [1.82, 2.24) is 0 Å². The lowest BCUT2D eigenvalue weighted by molar-refractivity contribution is -0.0330. The highest BCUT2D eigenvalue weighted by Crippen LogP contribution is 2.36. The van der Waals surface area contributed by atoms with Gasteiger partial charge in [-0.15, -0.1) is 0 Å². The summed E-state index contributed by atoms with van der Waals surface area (Å²) in [5, 5.41) is 0. The number of ether oxygens (including phenoxy) is 3. The van der Waals surface area contributed by atoms with E-state index in [9.17, 15) is 0 Å². The zero-order chi connectivity index (χ0) is 10.8. The minimum Gasteiger partial charge on any atom is -0.373 e. The molecule has 0 aromatic heterocycles. The first-order valence-corrected chi connectivity index (χ1v) is 6.08. The Kier molecular flexibility index (Phi) is 3.65.